The van der Waals surface area contributed by atoms with Crippen LogP contribution in [0.5, 0.6) is 0 Å². The Kier molecular flexibility index (Phi) is 13.1. The van der Waals surface area contributed by atoms with Gasteiger partial charge < -0.3 is 0 Å². The van der Waals surface area contributed by atoms with Crippen molar-refractivity contribution in [2.75, 3.05) is 0 Å². The first-order valence-corrected chi connectivity index (χ1v) is 7.62. The average molecular weight is 236 g/mol. The van der Waals surface area contributed by atoms with Crippen LogP contribution in [-0.2, 0) is 0 Å². The molecule has 0 bridgehead atoms. The molecule has 0 nitrogen and oxygen atoms in total. The standard InChI is InChI=1S/C17H32/c1-4-7-9-10-11-12-14-16-17(6-3)15-13-8-5-2/h6,8,13,17H,3-5,7,9-12,14-16H2,1-2H3. The summed E-state index contributed by atoms with van der Waals surface area (Å²) in [6.45, 7) is 8.41. The lowest BCUT2D eigenvalue weighted by Crippen LogP contribution is -1.94. The van der Waals surface area contributed by atoms with Gasteiger partial charge in [-0.15, -0.1) is 6.58 Å². The molecule has 0 N–H and O–H groups in total. The molecule has 0 rings (SSSR count). The predicted molar refractivity (Wildman–Crippen MR) is 80.3 cm³/mol. The van der Waals surface area contributed by atoms with E-state index >= 15 is 0 Å². The fourth-order valence-electron chi connectivity index (χ4n) is 2.13. The summed E-state index contributed by atoms with van der Waals surface area (Å²) in [5.41, 5.74) is 0. The maximum atomic E-state index is 3.95. The van der Waals surface area contributed by atoms with Gasteiger partial charge in [0.15, 0.2) is 0 Å². The van der Waals surface area contributed by atoms with Crippen molar-refractivity contribution in [2.45, 2.75) is 78.1 Å². The molecule has 0 spiro atoms. The SMILES string of the molecule is C=CC(CC=CCC)CCCCCCCCC. The number of hydrogen-bond acceptors (Lipinski definition) is 0. The molecule has 0 saturated carbocycles. The van der Waals surface area contributed by atoms with Crippen LogP contribution in [0.15, 0.2) is 24.8 Å². The van der Waals surface area contributed by atoms with Crippen LogP contribution in [-0.4, -0.2) is 0 Å². The van der Waals surface area contributed by atoms with Gasteiger partial charge in [0.05, 0.1) is 0 Å². The summed E-state index contributed by atoms with van der Waals surface area (Å²) in [7, 11) is 0. The molecule has 1 atom stereocenters. The zero-order valence-corrected chi connectivity index (χ0v) is 12.1. The summed E-state index contributed by atoms with van der Waals surface area (Å²) in [6, 6.07) is 0. The quantitative estimate of drug-likeness (QED) is 0.276. The van der Waals surface area contributed by atoms with E-state index in [-0.39, 0.29) is 0 Å². The average Bonchev–Trinajstić information content (AvgIpc) is 2.35. The van der Waals surface area contributed by atoms with Crippen LogP contribution in [0.4, 0.5) is 0 Å². The Balaban J connectivity index is 3.37. The molecule has 0 aliphatic rings. The highest BCUT2D eigenvalue weighted by Gasteiger charge is 2.01. The molecule has 17 heavy (non-hydrogen) atoms. The molecular weight excluding hydrogens is 204 g/mol. The van der Waals surface area contributed by atoms with E-state index in [1.54, 1.807) is 0 Å². The van der Waals surface area contributed by atoms with Gasteiger partial charge in [-0.2, -0.15) is 0 Å². The van der Waals surface area contributed by atoms with E-state index in [2.05, 4.69) is 38.7 Å². The summed E-state index contributed by atoms with van der Waals surface area (Å²) in [6.07, 6.45) is 20.2. The van der Waals surface area contributed by atoms with Crippen LogP contribution in [0.25, 0.3) is 0 Å². The third-order valence-electron chi connectivity index (χ3n) is 3.35. The second kappa shape index (κ2) is 13.5. The van der Waals surface area contributed by atoms with Crippen molar-refractivity contribution in [1.82, 2.24) is 0 Å². The second-order valence-corrected chi connectivity index (χ2v) is 5.02. The van der Waals surface area contributed by atoms with E-state index in [0.29, 0.717) is 5.92 Å². The predicted octanol–water partition coefficient (Wildman–Crippen LogP) is 6.29. The number of allylic oxidation sites excluding steroid dienone is 3. The molecule has 0 aliphatic carbocycles. The van der Waals surface area contributed by atoms with E-state index in [4.69, 9.17) is 0 Å². The minimum atomic E-state index is 0.702. The highest BCUT2D eigenvalue weighted by molar-refractivity contribution is 4.89. The molecule has 100 valence electrons. The van der Waals surface area contributed by atoms with Gasteiger partial charge in [-0.3, -0.25) is 0 Å². The zero-order valence-electron chi connectivity index (χ0n) is 12.1. The van der Waals surface area contributed by atoms with E-state index in [1.165, 1.54) is 57.8 Å². The van der Waals surface area contributed by atoms with Crippen LogP contribution < -0.4 is 0 Å². The summed E-state index contributed by atoms with van der Waals surface area (Å²) in [4.78, 5) is 0. The maximum absolute atomic E-state index is 3.95. The highest BCUT2D eigenvalue weighted by Crippen LogP contribution is 2.17. The van der Waals surface area contributed by atoms with Gasteiger partial charge in [0.2, 0.25) is 0 Å². The second-order valence-electron chi connectivity index (χ2n) is 5.02. The summed E-state index contributed by atoms with van der Waals surface area (Å²) in [5, 5.41) is 0. The van der Waals surface area contributed by atoms with Crippen LogP contribution in [0.2, 0.25) is 0 Å². The van der Waals surface area contributed by atoms with Gasteiger partial charge in [-0.1, -0.05) is 77.0 Å². The third-order valence-corrected chi connectivity index (χ3v) is 3.35. The lowest BCUT2D eigenvalue weighted by molar-refractivity contribution is 0.519. The van der Waals surface area contributed by atoms with Gasteiger partial charge in [0, 0.05) is 0 Å². The van der Waals surface area contributed by atoms with E-state index in [9.17, 15) is 0 Å². The van der Waals surface area contributed by atoms with E-state index in [0.717, 1.165) is 6.42 Å². The smallest absolute Gasteiger partial charge is 0.0202 e. The van der Waals surface area contributed by atoms with Gasteiger partial charge in [0.1, 0.15) is 0 Å². The molecule has 0 heteroatoms. The molecular formula is C17H32. The van der Waals surface area contributed by atoms with Crippen LogP contribution in [0.3, 0.4) is 0 Å². The largest absolute Gasteiger partial charge is 0.103 e. The Morgan fingerprint density at radius 2 is 1.53 bits per heavy atom. The molecule has 0 fully saturated rings. The Labute approximate surface area is 109 Å². The minimum absolute atomic E-state index is 0.702. The highest BCUT2D eigenvalue weighted by atomic mass is 14.1. The topological polar surface area (TPSA) is 0 Å². The van der Waals surface area contributed by atoms with Gasteiger partial charge in [-0.25, -0.2) is 0 Å². The summed E-state index contributed by atoms with van der Waals surface area (Å²) >= 11 is 0. The van der Waals surface area contributed by atoms with Crippen molar-refractivity contribution in [3.8, 4) is 0 Å². The van der Waals surface area contributed by atoms with Crippen molar-refractivity contribution < 1.29 is 0 Å². The Bertz CT molecular complexity index is 178. The molecule has 0 amide bonds. The van der Waals surface area contributed by atoms with Crippen molar-refractivity contribution in [2.24, 2.45) is 5.92 Å². The van der Waals surface area contributed by atoms with Crippen molar-refractivity contribution in [3.05, 3.63) is 24.8 Å². The lowest BCUT2D eigenvalue weighted by atomic mass is 9.97. The summed E-state index contributed by atoms with van der Waals surface area (Å²) < 4.78 is 0. The fraction of sp³-hybridized carbons (Fsp3) is 0.765. The fourth-order valence-corrected chi connectivity index (χ4v) is 2.13. The number of rotatable bonds is 12. The molecule has 0 aromatic carbocycles. The molecule has 0 aromatic heterocycles. The molecule has 0 aliphatic heterocycles. The van der Waals surface area contributed by atoms with Crippen molar-refractivity contribution in [3.63, 3.8) is 0 Å². The molecule has 0 radical (unpaired) electrons. The molecule has 1 unspecified atom stereocenters. The zero-order chi connectivity index (χ0) is 12.8. The van der Waals surface area contributed by atoms with Gasteiger partial charge in [-0.05, 0) is 25.2 Å². The first-order valence-electron chi connectivity index (χ1n) is 7.62. The van der Waals surface area contributed by atoms with Crippen LogP contribution in [0.1, 0.15) is 78.1 Å². The molecule has 0 aromatic rings. The van der Waals surface area contributed by atoms with Crippen molar-refractivity contribution >= 4 is 0 Å². The van der Waals surface area contributed by atoms with E-state index < -0.39 is 0 Å². The normalized spacial score (nSPS) is 13.1. The monoisotopic (exact) mass is 236 g/mol. The Morgan fingerprint density at radius 3 is 2.12 bits per heavy atom. The maximum Gasteiger partial charge on any atom is -0.0202 e. The first kappa shape index (κ1) is 16.5. The molecule has 0 saturated heterocycles. The number of unbranched alkanes of at least 4 members (excludes halogenated alkanes) is 6. The number of hydrogen-bond donors (Lipinski definition) is 0. The summed E-state index contributed by atoms with van der Waals surface area (Å²) in [5.74, 6) is 0.702. The van der Waals surface area contributed by atoms with Crippen molar-refractivity contribution in [1.29, 1.82) is 0 Å². The third kappa shape index (κ3) is 11.7. The Hall–Kier alpha value is -0.520. The van der Waals surface area contributed by atoms with Gasteiger partial charge in [0.25, 0.3) is 0 Å². The van der Waals surface area contributed by atoms with Gasteiger partial charge >= 0.3 is 0 Å². The van der Waals surface area contributed by atoms with E-state index in [1.807, 2.05) is 0 Å². The Morgan fingerprint density at radius 1 is 0.882 bits per heavy atom. The van der Waals surface area contributed by atoms with Crippen LogP contribution in [0, 0.1) is 5.92 Å². The lowest BCUT2D eigenvalue weighted by Gasteiger charge is -2.09. The minimum Gasteiger partial charge on any atom is -0.103 e. The molecule has 0 heterocycles. The first-order chi connectivity index (χ1) is 8.35. The van der Waals surface area contributed by atoms with Crippen LogP contribution >= 0.6 is 0 Å².